The number of likely N-dealkylation sites (tertiary alicyclic amines) is 1. The number of thiophene rings is 1. The van der Waals surface area contributed by atoms with Gasteiger partial charge in [0.15, 0.2) is 0 Å². The molecular weight excluding hydrogens is 316 g/mol. The number of aromatic nitrogens is 1. The van der Waals surface area contributed by atoms with Crippen molar-refractivity contribution in [3.8, 4) is 0 Å². The van der Waals surface area contributed by atoms with Gasteiger partial charge in [-0.15, -0.1) is 11.3 Å². The second kappa shape index (κ2) is 6.10. The summed E-state index contributed by atoms with van der Waals surface area (Å²) in [6, 6.07) is 14.9. The molecular formula is C20H22N2OS. The van der Waals surface area contributed by atoms with E-state index in [0.717, 1.165) is 31.6 Å². The molecule has 0 spiro atoms. The van der Waals surface area contributed by atoms with Gasteiger partial charge in [-0.1, -0.05) is 30.3 Å². The summed E-state index contributed by atoms with van der Waals surface area (Å²) in [6.07, 6.45) is 2.24. The Morgan fingerprint density at radius 2 is 1.83 bits per heavy atom. The zero-order chi connectivity index (χ0) is 16.7. The largest absolute Gasteiger partial charge is 0.337 e. The van der Waals surface area contributed by atoms with Gasteiger partial charge in [0, 0.05) is 18.0 Å². The lowest BCUT2D eigenvalue weighted by Gasteiger charge is -2.22. The van der Waals surface area contributed by atoms with E-state index in [9.17, 15) is 4.79 Å². The molecule has 124 valence electrons. The summed E-state index contributed by atoms with van der Waals surface area (Å²) in [5, 5.41) is 0. The zero-order valence-corrected chi connectivity index (χ0v) is 15.0. The third kappa shape index (κ3) is 2.55. The van der Waals surface area contributed by atoms with Gasteiger partial charge in [-0.3, -0.25) is 4.79 Å². The third-order valence-electron chi connectivity index (χ3n) is 4.93. The first-order chi connectivity index (χ1) is 11.6. The number of rotatable bonds is 3. The summed E-state index contributed by atoms with van der Waals surface area (Å²) in [4.78, 5) is 16.4. The van der Waals surface area contributed by atoms with Crippen molar-refractivity contribution in [1.29, 1.82) is 0 Å². The summed E-state index contributed by atoms with van der Waals surface area (Å²) in [5.74, 6) is 0.177. The molecule has 1 saturated heterocycles. The minimum Gasteiger partial charge on any atom is -0.337 e. The summed E-state index contributed by atoms with van der Waals surface area (Å²) in [5.41, 5.74) is 3.24. The molecule has 3 aromatic rings. The Morgan fingerprint density at radius 1 is 1.12 bits per heavy atom. The summed E-state index contributed by atoms with van der Waals surface area (Å²) >= 11 is 1.77. The lowest BCUT2D eigenvalue weighted by molar-refractivity contribution is 0.0781. The van der Waals surface area contributed by atoms with Crippen molar-refractivity contribution in [1.82, 2.24) is 9.47 Å². The van der Waals surface area contributed by atoms with Crippen LogP contribution in [0.25, 0.3) is 10.2 Å². The fraction of sp³-hybridized carbons (Fsp3) is 0.350. The van der Waals surface area contributed by atoms with Gasteiger partial charge in [-0.25, -0.2) is 0 Å². The molecule has 24 heavy (non-hydrogen) atoms. The van der Waals surface area contributed by atoms with Gasteiger partial charge in [0.05, 0.1) is 16.3 Å². The molecule has 3 nitrogen and oxygen atoms in total. The van der Waals surface area contributed by atoms with Crippen LogP contribution in [0.2, 0.25) is 0 Å². The Morgan fingerprint density at radius 3 is 2.54 bits per heavy atom. The minimum atomic E-state index is 0.138. The van der Waals surface area contributed by atoms with E-state index in [-0.39, 0.29) is 11.9 Å². The van der Waals surface area contributed by atoms with Gasteiger partial charge >= 0.3 is 0 Å². The average molecular weight is 338 g/mol. The van der Waals surface area contributed by atoms with Crippen molar-refractivity contribution in [3.63, 3.8) is 0 Å². The highest BCUT2D eigenvalue weighted by atomic mass is 32.1. The van der Waals surface area contributed by atoms with E-state index >= 15 is 0 Å². The molecule has 0 saturated carbocycles. The highest BCUT2D eigenvalue weighted by molar-refractivity contribution is 7.19. The molecule has 3 heterocycles. The van der Waals surface area contributed by atoms with Gasteiger partial charge < -0.3 is 9.47 Å². The predicted octanol–water partition coefficient (Wildman–Crippen LogP) is 4.86. The van der Waals surface area contributed by atoms with E-state index < -0.39 is 0 Å². The topological polar surface area (TPSA) is 25.2 Å². The molecule has 0 aliphatic carbocycles. The van der Waals surface area contributed by atoms with Crippen LogP contribution in [0.15, 0.2) is 42.5 Å². The molecule has 2 aromatic heterocycles. The van der Waals surface area contributed by atoms with E-state index in [0.29, 0.717) is 0 Å². The minimum absolute atomic E-state index is 0.138. The number of carbonyl (C=O) groups excluding carboxylic acids is 1. The number of carbonyl (C=O) groups is 1. The molecule has 1 amide bonds. The van der Waals surface area contributed by atoms with Crippen molar-refractivity contribution in [3.05, 3.63) is 58.6 Å². The number of hydrogen-bond donors (Lipinski definition) is 0. The number of nitrogens with zero attached hydrogens (tertiary/aromatic N) is 2. The molecule has 1 aliphatic heterocycles. The van der Waals surface area contributed by atoms with E-state index in [1.165, 1.54) is 20.7 Å². The zero-order valence-electron chi connectivity index (χ0n) is 14.2. The number of hydrogen-bond acceptors (Lipinski definition) is 2. The molecule has 1 aromatic carbocycles. The lowest BCUT2D eigenvalue weighted by Crippen LogP contribution is -2.30. The summed E-state index contributed by atoms with van der Waals surface area (Å²) < 4.78 is 3.44. The van der Waals surface area contributed by atoms with Gasteiger partial charge in [-0.05, 0) is 44.4 Å². The highest BCUT2D eigenvalue weighted by Crippen LogP contribution is 2.34. The van der Waals surface area contributed by atoms with E-state index in [1.54, 1.807) is 11.3 Å². The third-order valence-corrected chi connectivity index (χ3v) is 5.92. The molecule has 4 heteroatoms. The van der Waals surface area contributed by atoms with Crippen LogP contribution in [0.4, 0.5) is 0 Å². The molecule has 0 bridgehead atoms. The first-order valence-electron chi connectivity index (χ1n) is 8.61. The standard InChI is InChI=1S/C20H22N2OS/c1-14-12-17-19(24-14)13-18(20(23)21-10-6-7-11-21)22(17)15(2)16-8-4-3-5-9-16/h3-5,8-9,12-13,15H,6-7,10-11H2,1-2H3. The normalized spacial score (nSPS) is 16.0. The van der Waals surface area contributed by atoms with Crippen molar-refractivity contribution >= 4 is 27.5 Å². The van der Waals surface area contributed by atoms with Crippen molar-refractivity contribution in [2.45, 2.75) is 32.7 Å². The van der Waals surface area contributed by atoms with Crippen LogP contribution in [0.3, 0.4) is 0 Å². The maximum absolute atomic E-state index is 13.1. The van der Waals surface area contributed by atoms with E-state index in [1.807, 2.05) is 11.0 Å². The molecule has 0 N–H and O–H groups in total. The fourth-order valence-electron chi connectivity index (χ4n) is 3.68. The van der Waals surface area contributed by atoms with Crippen LogP contribution < -0.4 is 0 Å². The molecule has 0 radical (unpaired) electrons. The van der Waals surface area contributed by atoms with Crippen molar-refractivity contribution < 1.29 is 4.79 Å². The first kappa shape index (κ1) is 15.5. The van der Waals surface area contributed by atoms with Crippen LogP contribution in [-0.2, 0) is 0 Å². The molecule has 1 unspecified atom stereocenters. The monoisotopic (exact) mass is 338 g/mol. The number of amides is 1. The number of benzene rings is 1. The van der Waals surface area contributed by atoms with Gasteiger partial charge in [0.25, 0.3) is 5.91 Å². The Balaban J connectivity index is 1.84. The Hall–Kier alpha value is -2.07. The van der Waals surface area contributed by atoms with Crippen molar-refractivity contribution in [2.24, 2.45) is 0 Å². The Bertz CT molecular complexity index is 872. The Labute approximate surface area is 146 Å². The average Bonchev–Trinajstić information content (AvgIpc) is 3.30. The van der Waals surface area contributed by atoms with E-state index in [4.69, 9.17) is 0 Å². The molecule has 4 rings (SSSR count). The van der Waals surface area contributed by atoms with Crippen LogP contribution in [-0.4, -0.2) is 28.5 Å². The first-order valence-corrected chi connectivity index (χ1v) is 9.42. The van der Waals surface area contributed by atoms with E-state index in [2.05, 4.69) is 54.8 Å². The summed E-state index contributed by atoms with van der Waals surface area (Å²) in [7, 11) is 0. The smallest absolute Gasteiger partial charge is 0.270 e. The number of aryl methyl sites for hydroxylation is 1. The van der Waals surface area contributed by atoms with Gasteiger partial charge in [0.1, 0.15) is 5.69 Å². The maximum Gasteiger partial charge on any atom is 0.270 e. The van der Waals surface area contributed by atoms with Crippen LogP contribution in [0, 0.1) is 6.92 Å². The Kier molecular flexibility index (Phi) is 3.93. The number of fused-ring (bicyclic) bond motifs is 1. The maximum atomic E-state index is 13.1. The SMILES string of the molecule is Cc1cc2c(cc(C(=O)N3CCCC3)n2C(C)c2ccccc2)s1. The molecule has 1 atom stereocenters. The second-order valence-electron chi connectivity index (χ2n) is 6.59. The fourth-order valence-corrected chi connectivity index (χ4v) is 4.63. The van der Waals surface area contributed by atoms with Crippen molar-refractivity contribution in [2.75, 3.05) is 13.1 Å². The van der Waals surface area contributed by atoms with Crippen LogP contribution >= 0.6 is 11.3 Å². The molecule has 1 aliphatic rings. The van der Waals surface area contributed by atoms with Gasteiger partial charge in [0.2, 0.25) is 0 Å². The van der Waals surface area contributed by atoms with Gasteiger partial charge in [-0.2, -0.15) is 0 Å². The highest BCUT2D eigenvalue weighted by Gasteiger charge is 2.26. The quantitative estimate of drug-likeness (QED) is 0.670. The lowest BCUT2D eigenvalue weighted by atomic mass is 10.1. The van der Waals surface area contributed by atoms with Crippen LogP contribution in [0.5, 0.6) is 0 Å². The predicted molar refractivity (Wildman–Crippen MR) is 99.9 cm³/mol. The van der Waals surface area contributed by atoms with Crippen LogP contribution in [0.1, 0.15) is 46.7 Å². The second-order valence-corrected chi connectivity index (χ2v) is 7.88. The summed E-state index contributed by atoms with van der Waals surface area (Å²) in [6.45, 7) is 6.08. The molecule has 1 fully saturated rings.